The number of esters is 2. The predicted octanol–water partition coefficient (Wildman–Crippen LogP) is 4.12. The third-order valence-corrected chi connectivity index (χ3v) is 6.08. The highest BCUT2D eigenvalue weighted by Crippen LogP contribution is 2.45. The normalized spacial score (nSPS) is 15.0. The minimum atomic E-state index is -0.953. The smallest absolute Gasteiger partial charge is 0.355 e. The van der Waals surface area contributed by atoms with Crippen molar-refractivity contribution in [2.75, 3.05) is 19.1 Å². The maximum absolute atomic E-state index is 13.3. The number of hydrogen-bond donors (Lipinski definition) is 1. The molecule has 0 aliphatic carbocycles. The van der Waals surface area contributed by atoms with Crippen LogP contribution in [0.3, 0.4) is 0 Å². The molecule has 8 nitrogen and oxygen atoms in total. The molecule has 0 amide bonds. The summed E-state index contributed by atoms with van der Waals surface area (Å²) in [6.45, 7) is 0. The van der Waals surface area contributed by atoms with Crippen molar-refractivity contribution in [1.29, 1.82) is 10.5 Å². The average molecular weight is 491 g/mol. The van der Waals surface area contributed by atoms with Crippen molar-refractivity contribution < 1.29 is 19.1 Å². The third kappa shape index (κ3) is 4.40. The van der Waals surface area contributed by atoms with Gasteiger partial charge in [0.25, 0.3) is 0 Å². The molecule has 2 N–H and O–H groups in total. The first-order valence-electron chi connectivity index (χ1n) is 11.2. The number of anilines is 1. The lowest BCUT2D eigenvalue weighted by molar-refractivity contribution is -0.139. The Balaban J connectivity index is 2.07. The lowest BCUT2D eigenvalue weighted by atomic mass is 9.80. The summed E-state index contributed by atoms with van der Waals surface area (Å²) in [5.74, 6) is -2.59. The van der Waals surface area contributed by atoms with E-state index in [1.54, 1.807) is 66.7 Å². The largest absolute Gasteiger partial charge is 0.466 e. The number of nitrogens with zero attached hydrogens (tertiary/aromatic N) is 3. The molecule has 0 fully saturated rings. The number of nitriles is 2. The van der Waals surface area contributed by atoms with Crippen LogP contribution in [0.25, 0.3) is 11.1 Å². The molecule has 1 unspecified atom stereocenters. The molecule has 0 saturated heterocycles. The van der Waals surface area contributed by atoms with Gasteiger partial charge in [-0.1, -0.05) is 60.7 Å². The van der Waals surface area contributed by atoms with E-state index in [1.165, 1.54) is 19.1 Å². The fourth-order valence-electron chi connectivity index (χ4n) is 4.40. The molecule has 0 spiro atoms. The van der Waals surface area contributed by atoms with Gasteiger partial charge in [-0.3, -0.25) is 4.90 Å². The average Bonchev–Trinajstić information content (AvgIpc) is 2.96. The van der Waals surface area contributed by atoms with E-state index in [0.717, 1.165) is 5.56 Å². The van der Waals surface area contributed by atoms with Crippen LogP contribution in [0, 0.1) is 22.7 Å². The molecule has 3 aromatic carbocycles. The number of benzene rings is 3. The van der Waals surface area contributed by atoms with Crippen LogP contribution >= 0.6 is 0 Å². The van der Waals surface area contributed by atoms with Crippen LogP contribution in [0.5, 0.6) is 0 Å². The summed E-state index contributed by atoms with van der Waals surface area (Å²) >= 11 is 0. The highest BCUT2D eigenvalue weighted by atomic mass is 16.5. The van der Waals surface area contributed by atoms with Crippen molar-refractivity contribution in [2.24, 2.45) is 5.73 Å². The zero-order valence-electron chi connectivity index (χ0n) is 20.1. The zero-order valence-corrected chi connectivity index (χ0v) is 20.1. The predicted molar refractivity (Wildman–Crippen MR) is 136 cm³/mol. The van der Waals surface area contributed by atoms with Gasteiger partial charge in [0, 0.05) is 5.56 Å². The molecule has 182 valence electrons. The monoisotopic (exact) mass is 490 g/mol. The Morgan fingerprint density at radius 2 is 1.46 bits per heavy atom. The first-order chi connectivity index (χ1) is 18.0. The van der Waals surface area contributed by atoms with E-state index < -0.39 is 17.9 Å². The van der Waals surface area contributed by atoms with Crippen molar-refractivity contribution in [3.05, 3.63) is 113 Å². The molecular weight excluding hydrogens is 468 g/mol. The first kappa shape index (κ1) is 24.8. The van der Waals surface area contributed by atoms with Crippen molar-refractivity contribution in [2.45, 2.75) is 5.92 Å². The summed E-state index contributed by atoms with van der Waals surface area (Å²) in [5.41, 5.74) is 9.36. The van der Waals surface area contributed by atoms with Gasteiger partial charge in [-0.2, -0.15) is 10.5 Å². The van der Waals surface area contributed by atoms with E-state index in [0.29, 0.717) is 22.4 Å². The fraction of sp³-hybridized carbons (Fsp3) is 0.103. The number of carbonyl (C=O) groups excluding carboxylic acids is 2. The molecule has 0 saturated carbocycles. The second-order valence-electron chi connectivity index (χ2n) is 8.04. The number of para-hydroxylation sites is 1. The summed E-state index contributed by atoms with van der Waals surface area (Å²) in [6, 6.07) is 27.0. The molecule has 0 bridgehead atoms. The van der Waals surface area contributed by atoms with Crippen LogP contribution in [0.2, 0.25) is 0 Å². The molecule has 1 atom stereocenters. The van der Waals surface area contributed by atoms with Gasteiger partial charge in [-0.05, 0) is 29.3 Å². The van der Waals surface area contributed by atoms with Gasteiger partial charge in [-0.25, -0.2) is 9.59 Å². The van der Waals surface area contributed by atoms with Crippen LogP contribution < -0.4 is 10.6 Å². The molecule has 1 heterocycles. The Morgan fingerprint density at radius 3 is 2.05 bits per heavy atom. The third-order valence-electron chi connectivity index (χ3n) is 6.08. The summed E-state index contributed by atoms with van der Waals surface area (Å²) in [6.07, 6.45) is 0. The Kier molecular flexibility index (Phi) is 7.04. The lowest BCUT2D eigenvalue weighted by Crippen LogP contribution is -2.41. The van der Waals surface area contributed by atoms with Gasteiger partial charge >= 0.3 is 11.9 Å². The number of allylic oxidation sites excluding steroid dienone is 1. The standard InChI is InChI=1S/C29H22N4O4/c1-36-28(34)25-24(20-8-4-3-5-9-20)22(17-31)27(32)33(26(25)29(35)37-2)23-11-7-6-10-21(23)19-14-12-18(16-30)13-15-19/h3-15,24H,32H2,1-2H3. The van der Waals surface area contributed by atoms with Gasteiger partial charge in [0.05, 0.1) is 54.7 Å². The topological polar surface area (TPSA) is 129 Å². The number of rotatable bonds is 5. The Morgan fingerprint density at radius 1 is 0.838 bits per heavy atom. The van der Waals surface area contributed by atoms with E-state index in [-0.39, 0.29) is 22.7 Å². The number of ether oxygens (including phenoxy) is 2. The van der Waals surface area contributed by atoms with E-state index in [2.05, 4.69) is 12.1 Å². The quantitative estimate of drug-likeness (QED) is 0.529. The summed E-state index contributed by atoms with van der Waals surface area (Å²) in [7, 11) is 2.40. The molecule has 0 aromatic heterocycles. The Hall–Kier alpha value is -5.34. The second kappa shape index (κ2) is 10.5. The summed E-state index contributed by atoms with van der Waals surface area (Å²) in [5, 5.41) is 19.4. The summed E-state index contributed by atoms with van der Waals surface area (Å²) in [4.78, 5) is 27.9. The number of carbonyl (C=O) groups is 2. The van der Waals surface area contributed by atoms with E-state index in [4.69, 9.17) is 15.2 Å². The van der Waals surface area contributed by atoms with Gasteiger partial charge in [0.1, 0.15) is 11.5 Å². The summed E-state index contributed by atoms with van der Waals surface area (Å²) < 4.78 is 10.2. The maximum atomic E-state index is 13.3. The molecule has 4 rings (SSSR count). The number of methoxy groups -OCH3 is 2. The second-order valence-corrected chi connectivity index (χ2v) is 8.04. The van der Waals surface area contributed by atoms with E-state index in [1.807, 2.05) is 12.1 Å². The maximum Gasteiger partial charge on any atom is 0.355 e. The molecule has 0 radical (unpaired) electrons. The molecular formula is C29H22N4O4. The molecule has 3 aromatic rings. The van der Waals surface area contributed by atoms with Gasteiger partial charge in [0.15, 0.2) is 0 Å². The van der Waals surface area contributed by atoms with Crippen LogP contribution in [0.15, 0.2) is 102 Å². The highest BCUT2D eigenvalue weighted by molar-refractivity contribution is 6.07. The minimum absolute atomic E-state index is 0.0227. The van der Waals surface area contributed by atoms with Crippen molar-refractivity contribution in [3.8, 4) is 23.3 Å². The van der Waals surface area contributed by atoms with Gasteiger partial charge < -0.3 is 15.2 Å². The van der Waals surface area contributed by atoms with Crippen LogP contribution in [0.4, 0.5) is 5.69 Å². The lowest BCUT2D eigenvalue weighted by Gasteiger charge is -2.36. The highest BCUT2D eigenvalue weighted by Gasteiger charge is 2.43. The molecule has 1 aliphatic rings. The van der Waals surface area contributed by atoms with Crippen LogP contribution in [-0.2, 0) is 19.1 Å². The zero-order chi connectivity index (χ0) is 26.5. The van der Waals surface area contributed by atoms with Crippen molar-refractivity contribution in [3.63, 3.8) is 0 Å². The molecule has 37 heavy (non-hydrogen) atoms. The van der Waals surface area contributed by atoms with Gasteiger partial charge in [-0.15, -0.1) is 0 Å². The Bertz CT molecular complexity index is 1510. The van der Waals surface area contributed by atoms with Crippen molar-refractivity contribution >= 4 is 17.6 Å². The Labute approximate surface area is 214 Å². The van der Waals surface area contributed by atoms with Crippen LogP contribution in [0.1, 0.15) is 17.0 Å². The minimum Gasteiger partial charge on any atom is -0.466 e. The SMILES string of the molecule is COC(=O)C1=C(C(=O)OC)N(c2ccccc2-c2ccc(C#N)cc2)C(N)=C(C#N)C1c1ccccc1. The van der Waals surface area contributed by atoms with Crippen LogP contribution in [-0.4, -0.2) is 26.2 Å². The van der Waals surface area contributed by atoms with E-state index in [9.17, 15) is 20.1 Å². The van der Waals surface area contributed by atoms with Gasteiger partial charge in [0.2, 0.25) is 0 Å². The molecule has 1 aliphatic heterocycles. The van der Waals surface area contributed by atoms with E-state index >= 15 is 0 Å². The molecule has 8 heteroatoms. The fourth-order valence-corrected chi connectivity index (χ4v) is 4.40. The number of nitrogens with two attached hydrogens (primary N) is 1. The first-order valence-corrected chi connectivity index (χ1v) is 11.2. The number of hydrogen-bond acceptors (Lipinski definition) is 8. The van der Waals surface area contributed by atoms with Crippen molar-refractivity contribution in [1.82, 2.24) is 0 Å².